The summed E-state index contributed by atoms with van der Waals surface area (Å²) in [5.74, 6) is 3.32. The maximum Gasteiger partial charge on any atom is 0.238 e. The molecule has 6 heteroatoms. The molecule has 13 rings (SSSR count). The summed E-state index contributed by atoms with van der Waals surface area (Å²) in [5.41, 5.74) is 11.6. The predicted octanol–water partition coefficient (Wildman–Crippen LogP) is 14.0. The van der Waals surface area contributed by atoms with Crippen molar-refractivity contribution in [2.45, 2.75) is 0 Å². The summed E-state index contributed by atoms with van der Waals surface area (Å²) >= 11 is 0. The number of ether oxygens (including phenoxy) is 1. The zero-order valence-electron chi connectivity index (χ0n) is 32.7. The zero-order valence-corrected chi connectivity index (χ0v) is 32.7. The average Bonchev–Trinajstić information content (AvgIpc) is 3.85. The molecule has 284 valence electrons. The van der Waals surface area contributed by atoms with Gasteiger partial charge in [0.05, 0.1) is 16.6 Å². The van der Waals surface area contributed by atoms with Crippen molar-refractivity contribution in [3.8, 4) is 68.2 Å². The highest BCUT2D eigenvalue weighted by Gasteiger charge is 2.28. The fourth-order valence-electron chi connectivity index (χ4n) is 9.41. The summed E-state index contributed by atoms with van der Waals surface area (Å²) < 4.78 is 11.6. The van der Waals surface area contributed by atoms with E-state index in [9.17, 15) is 0 Å². The molecule has 0 aliphatic carbocycles. The van der Waals surface area contributed by atoms with E-state index in [-0.39, 0.29) is 0 Å². The molecule has 0 radical (unpaired) electrons. The highest BCUT2D eigenvalue weighted by Crippen LogP contribution is 2.51. The maximum atomic E-state index is 7.03. The van der Waals surface area contributed by atoms with Gasteiger partial charge in [-0.05, 0) is 76.7 Å². The van der Waals surface area contributed by atoms with Crippen LogP contribution in [0.15, 0.2) is 200 Å². The van der Waals surface area contributed by atoms with Gasteiger partial charge >= 0.3 is 0 Å². The first-order valence-corrected chi connectivity index (χ1v) is 20.5. The minimum atomic E-state index is 0.518. The summed E-state index contributed by atoms with van der Waals surface area (Å²) in [6.45, 7) is 0. The van der Waals surface area contributed by atoms with Crippen molar-refractivity contribution in [3.05, 3.63) is 200 Å². The smallest absolute Gasteiger partial charge is 0.238 e. The fourth-order valence-corrected chi connectivity index (χ4v) is 9.41. The molecule has 0 amide bonds. The van der Waals surface area contributed by atoms with Crippen LogP contribution in [0.3, 0.4) is 0 Å². The number of hydrogen-bond acceptors (Lipinski definition) is 4. The van der Waals surface area contributed by atoms with E-state index in [0.29, 0.717) is 17.6 Å². The number of nitrogens with zero attached hydrogens (tertiary/aromatic N) is 5. The Kier molecular flexibility index (Phi) is 7.21. The summed E-state index contributed by atoms with van der Waals surface area (Å²) in [6, 6.07) is 70.3. The van der Waals surface area contributed by atoms with E-state index in [1.807, 2.05) is 60.7 Å². The van der Waals surface area contributed by atoms with Crippen LogP contribution in [-0.2, 0) is 0 Å². The summed E-state index contributed by atoms with van der Waals surface area (Å²) in [7, 11) is 0. The SMILES string of the molecule is c1ccc(-c2nc(-c3ccccc3)nc(-n3c4ccc(-c5ccc6c(c5)c5ccccc5n6-c5ccccc5)cc4c4ccc5c(c43)Oc3cccc4cccc-5c34)n2)cc1. The van der Waals surface area contributed by atoms with Crippen LogP contribution in [0.5, 0.6) is 11.5 Å². The van der Waals surface area contributed by atoms with Crippen molar-refractivity contribution in [1.29, 1.82) is 0 Å². The topological polar surface area (TPSA) is 57.8 Å². The molecule has 1 aliphatic heterocycles. The first-order valence-electron chi connectivity index (χ1n) is 20.5. The van der Waals surface area contributed by atoms with Crippen LogP contribution in [0.1, 0.15) is 0 Å². The lowest BCUT2D eigenvalue weighted by molar-refractivity contribution is 0.491. The van der Waals surface area contributed by atoms with Crippen molar-refractivity contribution < 1.29 is 4.74 Å². The Morgan fingerprint density at radius 1 is 0.377 bits per heavy atom. The van der Waals surface area contributed by atoms with E-state index in [0.717, 1.165) is 83.1 Å². The summed E-state index contributed by atoms with van der Waals surface area (Å²) in [4.78, 5) is 15.6. The quantitative estimate of drug-likeness (QED) is 0.175. The molecule has 6 nitrogen and oxygen atoms in total. The van der Waals surface area contributed by atoms with E-state index < -0.39 is 0 Å². The Labute approximate surface area is 350 Å². The van der Waals surface area contributed by atoms with E-state index >= 15 is 0 Å². The highest BCUT2D eigenvalue weighted by atomic mass is 16.5. The second-order valence-corrected chi connectivity index (χ2v) is 15.6. The van der Waals surface area contributed by atoms with Crippen molar-refractivity contribution in [2.24, 2.45) is 0 Å². The van der Waals surface area contributed by atoms with Gasteiger partial charge in [0.15, 0.2) is 17.4 Å². The largest absolute Gasteiger partial charge is 0.454 e. The van der Waals surface area contributed by atoms with Gasteiger partial charge in [0.1, 0.15) is 11.3 Å². The molecule has 4 heterocycles. The molecule has 0 N–H and O–H groups in total. The van der Waals surface area contributed by atoms with Gasteiger partial charge in [-0.3, -0.25) is 4.57 Å². The van der Waals surface area contributed by atoms with Gasteiger partial charge in [-0.1, -0.05) is 146 Å². The van der Waals surface area contributed by atoms with E-state index in [1.165, 1.54) is 21.8 Å². The second kappa shape index (κ2) is 13.1. The van der Waals surface area contributed by atoms with Crippen molar-refractivity contribution >= 4 is 54.4 Å². The molecular weight excluding hydrogens is 747 g/mol. The maximum absolute atomic E-state index is 7.03. The number of fused-ring (bicyclic) bond motifs is 9. The molecule has 0 bridgehead atoms. The normalized spacial score (nSPS) is 12.1. The number of rotatable bonds is 5. The van der Waals surface area contributed by atoms with Crippen LogP contribution in [0.4, 0.5) is 0 Å². The molecule has 0 saturated heterocycles. The van der Waals surface area contributed by atoms with Crippen molar-refractivity contribution in [3.63, 3.8) is 0 Å². The zero-order chi connectivity index (χ0) is 40.0. The number of aromatic nitrogens is 5. The van der Waals surface area contributed by atoms with Crippen LogP contribution in [0.25, 0.3) is 111 Å². The minimum absolute atomic E-state index is 0.518. The van der Waals surface area contributed by atoms with Gasteiger partial charge in [0.25, 0.3) is 0 Å². The Hall–Kier alpha value is -8.35. The third-order valence-electron chi connectivity index (χ3n) is 12.2. The van der Waals surface area contributed by atoms with E-state index in [2.05, 4.69) is 149 Å². The van der Waals surface area contributed by atoms with Crippen molar-refractivity contribution in [2.75, 3.05) is 0 Å². The van der Waals surface area contributed by atoms with Crippen LogP contribution >= 0.6 is 0 Å². The van der Waals surface area contributed by atoms with Crippen LogP contribution < -0.4 is 4.74 Å². The molecule has 0 spiro atoms. The van der Waals surface area contributed by atoms with Gasteiger partial charge in [-0.2, -0.15) is 9.97 Å². The van der Waals surface area contributed by atoms with E-state index in [4.69, 9.17) is 19.7 Å². The molecule has 3 aromatic heterocycles. The molecular formula is C55H33N5O. The molecule has 61 heavy (non-hydrogen) atoms. The molecule has 0 fully saturated rings. The van der Waals surface area contributed by atoms with Crippen LogP contribution in [0, 0.1) is 0 Å². The monoisotopic (exact) mass is 779 g/mol. The van der Waals surface area contributed by atoms with Gasteiger partial charge in [-0.25, -0.2) is 4.98 Å². The van der Waals surface area contributed by atoms with Gasteiger partial charge in [0, 0.05) is 49.3 Å². The highest BCUT2D eigenvalue weighted by molar-refractivity contribution is 6.17. The first-order chi connectivity index (χ1) is 30.2. The Bertz CT molecular complexity index is 3660. The number of para-hydroxylation sites is 2. The van der Waals surface area contributed by atoms with Crippen LogP contribution in [0.2, 0.25) is 0 Å². The van der Waals surface area contributed by atoms with Gasteiger partial charge < -0.3 is 9.30 Å². The first kappa shape index (κ1) is 33.6. The lowest BCUT2D eigenvalue weighted by Gasteiger charge is -2.22. The lowest BCUT2D eigenvalue weighted by Crippen LogP contribution is -2.07. The Balaban J connectivity index is 1.08. The third-order valence-corrected chi connectivity index (χ3v) is 12.2. The lowest BCUT2D eigenvalue weighted by atomic mass is 9.93. The summed E-state index contributed by atoms with van der Waals surface area (Å²) in [6.07, 6.45) is 0. The fraction of sp³-hybridized carbons (Fsp3) is 0. The Morgan fingerprint density at radius 2 is 0.967 bits per heavy atom. The minimum Gasteiger partial charge on any atom is -0.454 e. The number of benzene rings is 9. The third kappa shape index (κ3) is 5.12. The van der Waals surface area contributed by atoms with Gasteiger partial charge in [0.2, 0.25) is 5.95 Å². The molecule has 0 unspecified atom stereocenters. The second-order valence-electron chi connectivity index (χ2n) is 15.6. The van der Waals surface area contributed by atoms with E-state index in [1.54, 1.807) is 0 Å². The van der Waals surface area contributed by atoms with Crippen molar-refractivity contribution in [1.82, 2.24) is 24.1 Å². The predicted molar refractivity (Wildman–Crippen MR) is 248 cm³/mol. The molecule has 9 aromatic carbocycles. The van der Waals surface area contributed by atoms with Crippen LogP contribution in [-0.4, -0.2) is 24.1 Å². The summed E-state index contributed by atoms with van der Waals surface area (Å²) in [5, 5.41) is 6.81. The Morgan fingerprint density at radius 3 is 1.67 bits per heavy atom. The average molecular weight is 780 g/mol. The standard InChI is InChI=1S/C55H33N5O/c1-4-14-35(15-5-1)53-56-54(36-16-6-2-7-17-36)58-55(57-53)60-48-31-27-38(37-26-30-47-44(32-37)40-22-10-11-24-46(40)59(47)39-20-8-3-9-21-39)33-45(48)42-28-29-43-41-23-12-18-34-19-13-25-49(50(34)41)61-52(43)51(42)60/h1-33H. The molecule has 0 atom stereocenters. The molecule has 1 aliphatic rings. The number of hydrogen-bond donors (Lipinski definition) is 0. The van der Waals surface area contributed by atoms with Gasteiger partial charge in [-0.15, -0.1) is 0 Å². The molecule has 12 aromatic rings. The molecule has 0 saturated carbocycles.